The summed E-state index contributed by atoms with van der Waals surface area (Å²) in [5.41, 5.74) is 2.03. The summed E-state index contributed by atoms with van der Waals surface area (Å²) in [7, 11) is 0. The Morgan fingerprint density at radius 2 is 2.26 bits per heavy atom. The average Bonchev–Trinajstić information content (AvgIpc) is 2.36. The van der Waals surface area contributed by atoms with E-state index in [9.17, 15) is 0 Å². The van der Waals surface area contributed by atoms with Crippen molar-refractivity contribution in [3.8, 4) is 11.8 Å². The second-order valence-corrected chi connectivity index (χ2v) is 5.02. The molecular formula is C15H20N2O2. The zero-order chi connectivity index (χ0) is 13.7. The second kappa shape index (κ2) is 6.05. The molecule has 0 aromatic heterocycles. The largest absolute Gasteiger partial charge is 0.494 e. The van der Waals surface area contributed by atoms with Gasteiger partial charge in [0.1, 0.15) is 11.2 Å². The van der Waals surface area contributed by atoms with Gasteiger partial charge in [-0.2, -0.15) is 5.26 Å². The molecule has 4 heteroatoms. The van der Waals surface area contributed by atoms with Crippen molar-refractivity contribution in [2.75, 3.05) is 26.4 Å². The topological polar surface area (TPSA) is 54.3 Å². The number of nitrogens with one attached hydrogen (secondary N) is 1. The maximum atomic E-state index is 9.09. The van der Waals surface area contributed by atoms with Gasteiger partial charge < -0.3 is 14.8 Å². The molecule has 0 atom stereocenters. The lowest BCUT2D eigenvalue weighted by molar-refractivity contribution is -0.0755. The van der Waals surface area contributed by atoms with E-state index in [4.69, 9.17) is 14.7 Å². The van der Waals surface area contributed by atoms with Crippen LogP contribution >= 0.6 is 0 Å². The lowest BCUT2D eigenvalue weighted by atomic mass is 9.88. The number of hydrogen-bond donors (Lipinski definition) is 1. The fourth-order valence-electron chi connectivity index (χ4n) is 2.14. The van der Waals surface area contributed by atoms with Gasteiger partial charge in [-0.25, -0.2) is 0 Å². The van der Waals surface area contributed by atoms with Gasteiger partial charge in [0.2, 0.25) is 0 Å². The third kappa shape index (κ3) is 3.25. The van der Waals surface area contributed by atoms with Crippen LogP contribution in [-0.4, -0.2) is 26.4 Å². The van der Waals surface area contributed by atoms with Gasteiger partial charge >= 0.3 is 0 Å². The average molecular weight is 260 g/mol. The Morgan fingerprint density at radius 1 is 1.47 bits per heavy atom. The van der Waals surface area contributed by atoms with Crippen LogP contribution in [0.5, 0.6) is 5.75 Å². The van der Waals surface area contributed by atoms with Crippen molar-refractivity contribution in [2.24, 2.45) is 5.41 Å². The molecular weight excluding hydrogens is 240 g/mol. The highest BCUT2D eigenvalue weighted by Crippen LogP contribution is 2.25. The van der Waals surface area contributed by atoms with E-state index in [1.165, 1.54) is 5.56 Å². The Morgan fingerprint density at radius 3 is 2.79 bits per heavy atom. The van der Waals surface area contributed by atoms with Crippen molar-refractivity contribution in [1.29, 1.82) is 5.26 Å². The molecule has 19 heavy (non-hydrogen) atoms. The number of rotatable bonds is 6. The molecule has 0 bridgehead atoms. The van der Waals surface area contributed by atoms with Gasteiger partial charge in [0.05, 0.1) is 25.9 Å². The van der Waals surface area contributed by atoms with Crippen LogP contribution in [0.1, 0.15) is 18.1 Å². The molecule has 0 unspecified atom stereocenters. The first kappa shape index (κ1) is 13.9. The third-order valence-electron chi connectivity index (χ3n) is 3.33. The summed E-state index contributed by atoms with van der Waals surface area (Å²) in [4.78, 5) is 0. The highest BCUT2D eigenvalue weighted by Gasteiger charge is 2.38. The minimum Gasteiger partial charge on any atom is -0.494 e. The normalized spacial score (nSPS) is 16.5. The molecule has 1 aliphatic heterocycles. The van der Waals surface area contributed by atoms with Crippen molar-refractivity contribution >= 4 is 0 Å². The van der Waals surface area contributed by atoms with Crippen LogP contribution in [0.4, 0.5) is 0 Å². The van der Waals surface area contributed by atoms with Crippen molar-refractivity contribution in [2.45, 2.75) is 20.4 Å². The first-order valence-corrected chi connectivity index (χ1v) is 6.61. The van der Waals surface area contributed by atoms with E-state index in [0.717, 1.165) is 17.9 Å². The Bertz CT molecular complexity index is 476. The molecule has 4 nitrogen and oxygen atoms in total. The summed E-state index contributed by atoms with van der Waals surface area (Å²) in [6.45, 7) is 7.23. The molecule has 1 fully saturated rings. The van der Waals surface area contributed by atoms with Gasteiger partial charge in [0, 0.05) is 13.1 Å². The Balaban J connectivity index is 1.86. The second-order valence-electron chi connectivity index (χ2n) is 5.02. The van der Waals surface area contributed by atoms with E-state index < -0.39 is 0 Å². The van der Waals surface area contributed by atoms with Crippen LogP contribution < -0.4 is 10.1 Å². The van der Waals surface area contributed by atoms with Crippen LogP contribution in [0.25, 0.3) is 0 Å². The molecule has 0 aliphatic carbocycles. The fourth-order valence-corrected chi connectivity index (χ4v) is 2.14. The standard InChI is InChI=1S/C15H20N2O2/c1-3-19-14-5-4-13(6-12(14)2)7-17-9-15(8-16)10-18-11-15/h4-6,17H,3,7,9-11H2,1-2H3. The SMILES string of the molecule is CCOc1ccc(CNCC2(C#N)COC2)cc1C. The minimum atomic E-state index is -0.319. The third-order valence-corrected chi connectivity index (χ3v) is 3.33. The monoisotopic (exact) mass is 260 g/mol. The summed E-state index contributed by atoms with van der Waals surface area (Å²) < 4.78 is 10.6. The van der Waals surface area contributed by atoms with Crippen molar-refractivity contribution in [3.05, 3.63) is 29.3 Å². The summed E-state index contributed by atoms with van der Waals surface area (Å²) >= 11 is 0. The predicted octanol–water partition coefficient (Wildman–Crippen LogP) is 2.02. The predicted molar refractivity (Wildman–Crippen MR) is 72.9 cm³/mol. The molecule has 1 aromatic rings. The van der Waals surface area contributed by atoms with Gasteiger partial charge in [-0.05, 0) is 31.0 Å². The molecule has 1 saturated heterocycles. The Hall–Kier alpha value is -1.57. The van der Waals surface area contributed by atoms with E-state index in [1.807, 2.05) is 19.9 Å². The molecule has 2 rings (SSSR count). The molecule has 0 radical (unpaired) electrons. The van der Waals surface area contributed by atoms with Gasteiger partial charge in [-0.1, -0.05) is 12.1 Å². The smallest absolute Gasteiger partial charge is 0.122 e. The van der Waals surface area contributed by atoms with Crippen molar-refractivity contribution in [3.63, 3.8) is 0 Å². The summed E-state index contributed by atoms with van der Waals surface area (Å²) in [6, 6.07) is 8.51. The van der Waals surface area contributed by atoms with E-state index in [1.54, 1.807) is 0 Å². The number of nitrogens with zero attached hydrogens (tertiary/aromatic N) is 1. The molecule has 1 aromatic carbocycles. The Kier molecular flexibility index (Phi) is 4.41. The molecule has 0 spiro atoms. The number of aryl methyl sites for hydroxylation is 1. The fraction of sp³-hybridized carbons (Fsp3) is 0.533. The van der Waals surface area contributed by atoms with Crippen molar-refractivity contribution < 1.29 is 9.47 Å². The first-order chi connectivity index (χ1) is 9.19. The van der Waals surface area contributed by atoms with Gasteiger partial charge in [-0.15, -0.1) is 0 Å². The quantitative estimate of drug-likeness (QED) is 0.850. The lowest BCUT2D eigenvalue weighted by Crippen LogP contribution is -2.48. The highest BCUT2D eigenvalue weighted by atomic mass is 16.5. The van der Waals surface area contributed by atoms with Crippen LogP contribution in [0.3, 0.4) is 0 Å². The van der Waals surface area contributed by atoms with Crippen LogP contribution in [0, 0.1) is 23.7 Å². The van der Waals surface area contributed by atoms with Gasteiger partial charge in [0.15, 0.2) is 0 Å². The summed E-state index contributed by atoms with van der Waals surface area (Å²) in [5.74, 6) is 0.937. The number of hydrogen-bond acceptors (Lipinski definition) is 4. The molecule has 1 aliphatic rings. The maximum Gasteiger partial charge on any atom is 0.122 e. The van der Waals surface area contributed by atoms with E-state index in [-0.39, 0.29) is 5.41 Å². The lowest BCUT2D eigenvalue weighted by Gasteiger charge is -2.35. The van der Waals surface area contributed by atoms with E-state index >= 15 is 0 Å². The van der Waals surface area contributed by atoms with Gasteiger partial charge in [0.25, 0.3) is 0 Å². The number of nitriles is 1. The first-order valence-electron chi connectivity index (χ1n) is 6.61. The Labute approximate surface area is 114 Å². The summed E-state index contributed by atoms with van der Waals surface area (Å²) in [6.07, 6.45) is 0. The van der Waals surface area contributed by atoms with Gasteiger partial charge in [-0.3, -0.25) is 0 Å². The maximum absolute atomic E-state index is 9.09. The van der Waals surface area contributed by atoms with Crippen LogP contribution in [-0.2, 0) is 11.3 Å². The molecule has 1 N–H and O–H groups in total. The molecule has 102 valence electrons. The molecule has 0 saturated carbocycles. The highest BCUT2D eigenvalue weighted by molar-refractivity contribution is 5.36. The zero-order valence-electron chi connectivity index (χ0n) is 11.5. The number of benzene rings is 1. The summed E-state index contributed by atoms with van der Waals surface area (Å²) in [5, 5.41) is 12.4. The molecule has 0 amide bonds. The zero-order valence-corrected chi connectivity index (χ0v) is 11.5. The number of ether oxygens (including phenoxy) is 2. The van der Waals surface area contributed by atoms with E-state index in [2.05, 4.69) is 23.5 Å². The van der Waals surface area contributed by atoms with E-state index in [0.29, 0.717) is 26.4 Å². The van der Waals surface area contributed by atoms with Crippen molar-refractivity contribution in [1.82, 2.24) is 5.32 Å². The molecule has 1 heterocycles. The van der Waals surface area contributed by atoms with Crippen LogP contribution in [0.15, 0.2) is 18.2 Å². The minimum absolute atomic E-state index is 0.319. The van der Waals surface area contributed by atoms with Crippen LogP contribution in [0.2, 0.25) is 0 Å².